The number of hydroxylamine groups is 2. The predicted molar refractivity (Wildman–Crippen MR) is 90.5 cm³/mol. The molecular weight excluding hydrogens is 274 g/mol. The van der Waals surface area contributed by atoms with Gasteiger partial charge in [0.25, 0.3) is 5.91 Å². The summed E-state index contributed by atoms with van der Waals surface area (Å²) in [4.78, 5) is 16.7. The van der Waals surface area contributed by atoms with Gasteiger partial charge in [-0.2, -0.15) is 0 Å². The zero-order chi connectivity index (χ0) is 16.5. The molecular formula is C19H27NO2. The lowest BCUT2D eigenvalue weighted by molar-refractivity contribution is -0.162. The second-order valence-electron chi connectivity index (χ2n) is 7.42. The van der Waals surface area contributed by atoms with Crippen LogP contribution in [0.1, 0.15) is 57.2 Å². The zero-order valence-electron chi connectivity index (χ0n) is 14.6. The van der Waals surface area contributed by atoms with Crippen LogP contribution in [0.5, 0.6) is 0 Å². The number of benzene rings is 1. The van der Waals surface area contributed by atoms with E-state index in [1.54, 1.807) is 13.1 Å². The van der Waals surface area contributed by atoms with Crippen LogP contribution in [-0.4, -0.2) is 25.1 Å². The summed E-state index contributed by atoms with van der Waals surface area (Å²) in [7, 11) is 3.08. The Labute approximate surface area is 133 Å². The van der Waals surface area contributed by atoms with Crippen molar-refractivity contribution in [1.82, 2.24) is 5.06 Å². The lowest BCUT2D eigenvalue weighted by Gasteiger charge is -2.42. The number of fused-ring (bicyclic) bond motifs is 1. The first-order valence-electron chi connectivity index (χ1n) is 7.82. The highest BCUT2D eigenvalue weighted by Gasteiger charge is 2.36. The number of hydrogen-bond donors (Lipinski definition) is 0. The van der Waals surface area contributed by atoms with Gasteiger partial charge in [-0.05, 0) is 46.4 Å². The molecule has 0 bridgehead atoms. The fourth-order valence-corrected chi connectivity index (χ4v) is 3.07. The fraction of sp³-hybridized carbons (Fsp3) is 0.526. The largest absolute Gasteiger partial charge is 0.274 e. The number of likely N-dealkylation sites (N-methyl/N-ethyl adjacent to an activating group) is 1. The summed E-state index contributed by atoms with van der Waals surface area (Å²) in [5.41, 5.74) is 4.29. The Morgan fingerprint density at radius 1 is 1.14 bits per heavy atom. The van der Waals surface area contributed by atoms with Gasteiger partial charge in [-0.1, -0.05) is 45.9 Å². The van der Waals surface area contributed by atoms with Gasteiger partial charge >= 0.3 is 0 Å². The Bertz CT molecular complexity index is 599. The summed E-state index contributed by atoms with van der Waals surface area (Å²) in [5.74, 6) is -0.167. The normalized spacial score (nSPS) is 19.0. The van der Waals surface area contributed by atoms with Crippen LogP contribution in [0.15, 0.2) is 24.3 Å². The molecule has 3 heteroatoms. The molecule has 0 aliphatic heterocycles. The second-order valence-corrected chi connectivity index (χ2v) is 7.42. The first-order valence-corrected chi connectivity index (χ1v) is 7.82. The predicted octanol–water partition coefficient (Wildman–Crippen LogP) is 4.07. The summed E-state index contributed by atoms with van der Waals surface area (Å²) in [6, 6.07) is 6.55. The summed E-state index contributed by atoms with van der Waals surface area (Å²) in [6.07, 6.45) is 5.80. The van der Waals surface area contributed by atoms with E-state index in [9.17, 15) is 4.79 Å². The van der Waals surface area contributed by atoms with Crippen LogP contribution in [0, 0.1) is 0 Å². The number of carbonyl (C=O) groups excluding carboxylic acids is 1. The van der Waals surface area contributed by atoms with E-state index in [1.165, 1.54) is 36.1 Å². The average Bonchev–Trinajstić information content (AvgIpc) is 2.48. The molecule has 0 fully saturated rings. The molecule has 0 aromatic heterocycles. The fourth-order valence-electron chi connectivity index (χ4n) is 3.07. The Hall–Kier alpha value is -1.61. The highest BCUT2D eigenvalue weighted by molar-refractivity contribution is 5.90. The topological polar surface area (TPSA) is 29.5 Å². The van der Waals surface area contributed by atoms with E-state index in [0.29, 0.717) is 0 Å². The molecule has 2 rings (SSSR count). The Kier molecular flexibility index (Phi) is 4.48. The molecule has 0 atom stereocenters. The first kappa shape index (κ1) is 16.8. The third kappa shape index (κ3) is 3.25. The molecule has 1 aromatic rings. The third-order valence-corrected chi connectivity index (χ3v) is 4.88. The molecule has 0 saturated heterocycles. The molecule has 22 heavy (non-hydrogen) atoms. The van der Waals surface area contributed by atoms with E-state index in [4.69, 9.17) is 4.84 Å². The maximum absolute atomic E-state index is 11.8. The SMILES string of the molecule is CON(C)C(=O)/C=C/c1ccc2c(c1)C(C)(C)CCC2(C)C. The van der Waals surface area contributed by atoms with Crippen molar-refractivity contribution in [3.8, 4) is 0 Å². The summed E-state index contributed by atoms with van der Waals surface area (Å²) in [6.45, 7) is 9.23. The van der Waals surface area contributed by atoms with Gasteiger partial charge in [0, 0.05) is 13.1 Å². The lowest BCUT2D eigenvalue weighted by atomic mass is 9.63. The molecule has 0 N–H and O–H groups in total. The Morgan fingerprint density at radius 2 is 1.73 bits per heavy atom. The van der Waals surface area contributed by atoms with Gasteiger partial charge in [-0.25, -0.2) is 5.06 Å². The minimum atomic E-state index is -0.167. The maximum Gasteiger partial charge on any atom is 0.269 e. The molecule has 1 aliphatic rings. The van der Waals surface area contributed by atoms with Gasteiger partial charge in [0.1, 0.15) is 0 Å². The van der Waals surface area contributed by atoms with Crippen LogP contribution in [-0.2, 0) is 20.5 Å². The van der Waals surface area contributed by atoms with Gasteiger partial charge in [-0.3, -0.25) is 9.63 Å². The van der Waals surface area contributed by atoms with E-state index in [2.05, 4.69) is 45.9 Å². The quantitative estimate of drug-likeness (QED) is 0.622. The van der Waals surface area contributed by atoms with Crippen molar-refractivity contribution in [2.45, 2.75) is 51.4 Å². The summed E-state index contributed by atoms with van der Waals surface area (Å²) < 4.78 is 0. The number of nitrogens with zero attached hydrogens (tertiary/aromatic N) is 1. The van der Waals surface area contributed by atoms with Gasteiger partial charge in [-0.15, -0.1) is 0 Å². The van der Waals surface area contributed by atoms with Crippen molar-refractivity contribution in [1.29, 1.82) is 0 Å². The molecule has 0 unspecified atom stereocenters. The van der Waals surface area contributed by atoms with Crippen molar-refractivity contribution in [3.05, 3.63) is 41.0 Å². The molecule has 0 saturated carbocycles. The number of rotatable bonds is 3. The van der Waals surface area contributed by atoms with Crippen molar-refractivity contribution < 1.29 is 9.63 Å². The van der Waals surface area contributed by atoms with Crippen LogP contribution in [0.3, 0.4) is 0 Å². The van der Waals surface area contributed by atoms with Gasteiger partial charge in [0.2, 0.25) is 0 Å². The number of hydrogen-bond acceptors (Lipinski definition) is 2. The molecule has 0 heterocycles. The third-order valence-electron chi connectivity index (χ3n) is 4.88. The van der Waals surface area contributed by atoms with Gasteiger partial charge < -0.3 is 0 Å². The standard InChI is InChI=1S/C19H27NO2/c1-18(2)11-12-19(3,4)16-13-14(7-9-15(16)18)8-10-17(21)20(5)22-6/h7-10,13H,11-12H2,1-6H3/b10-8+. The van der Waals surface area contributed by atoms with Crippen LogP contribution >= 0.6 is 0 Å². The van der Waals surface area contributed by atoms with Crippen molar-refractivity contribution in [2.75, 3.05) is 14.2 Å². The van der Waals surface area contributed by atoms with Crippen LogP contribution in [0.2, 0.25) is 0 Å². The highest BCUT2D eigenvalue weighted by atomic mass is 16.7. The van der Waals surface area contributed by atoms with Crippen molar-refractivity contribution in [2.24, 2.45) is 0 Å². The Morgan fingerprint density at radius 3 is 2.32 bits per heavy atom. The summed E-state index contributed by atoms with van der Waals surface area (Å²) >= 11 is 0. The molecule has 0 spiro atoms. The van der Waals surface area contributed by atoms with E-state index >= 15 is 0 Å². The molecule has 3 nitrogen and oxygen atoms in total. The Balaban J connectivity index is 2.35. The van der Waals surface area contributed by atoms with Crippen molar-refractivity contribution >= 4 is 12.0 Å². The van der Waals surface area contributed by atoms with E-state index < -0.39 is 0 Å². The van der Waals surface area contributed by atoms with E-state index in [-0.39, 0.29) is 16.7 Å². The molecule has 1 aromatic carbocycles. The summed E-state index contributed by atoms with van der Waals surface area (Å²) in [5, 5.41) is 1.21. The van der Waals surface area contributed by atoms with Crippen LogP contribution in [0.25, 0.3) is 6.08 Å². The maximum atomic E-state index is 11.8. The average molecular weight is 301 g/mol. The monoisotopic (exact) mass is 301 g/mol. The first-order chi connectivity index (χ1) is 10.2. The zero-order valence-corrected chi connectivity index (χ0v) is 14.6. The molecule has 1 aliphatic carbocycles. The van der Waals surface area contributed by atoms with Gasteiger partial charge in [0.05, 0.1) is 7.11 Å². The minimum Gasteiger partial charge on any atom is -0.274 e. The number of amides is 1. The second kappa shape index (κ2) is 5.88. The molecule has 0 radical (unpaired) electrons. The minimum absolute atomic E-state index is 0.167. The van der Waals surface area contributed by atoms with E-state index in [1.807, 2.05) is 6.08 Å². The molecule has 120 valence electrons. The highest BCUT2D eigenvalue weighted by Crippen LogP contribution is 2.45. The van der Waals surface area contributed by atoms with E-state index in [0.717, 1.165) is 5.56 Å². The van der Waals surface area contributed by atoms with Crippen molar-refractivity contribution in [3.63, 3.8) is 0 Å². The lowest BCUT2D eigenvalue weighted by Crippen LogP contribution is -2.33. The van der Waals surface area contributed by atoms with Crippen LogP contribution < -0.4 is 0 Å². The number of carbonyl (C=O) groups is 1. The van der Waals surface area contributed by atoms with Gasteiger partial charge in [0.15, 0.2) is 0 Å². The smallest absolute Gasteiger partial charge is 0.269 e. The molecule has 1 amide bonds. The van der Waals surface area contributed by atoms with Crippen LogP contribution in [0.4, 0.5) is 0 Å².